The number of nitrogens with one attached hydrogen (secondary N) is 1. The van der Waals surface area contributed by atoms with Gasteiger partial charge in [0, 0.05) is 12.1 Å². The first-order valence-corrected chi connectivity index (χ1v) is 7.93. The average molecular weight is 343 g/mol. The van der Waals surface area contributed by atoms with Gasteiger partial charge in [-0.15, -0.1) is 12.4 Å². The molecular weight excluding hydrogens is 312 g/mol. The summed E-state index contributed by atoms with van der Waals surface area (Å²) in [5.74, 6) is 1.25. The molecule has 0 bridgehead atoms. The third kappa shape index (κ3) is 7.71. The van der Waals surface area contributed by atoms with Gasteiger partial charge >= 0.3 is 0 Å². The van der Waals surface area contributed by atoms with E-state index in [9.17, 15) is 4.79 Å². The molecular formula is C18H31ClN2O2. The van der Waals surface area contributed by atoms with Gasteiger partial charge < -0.3 is 15.8 Å². The largest absolute Gasteiger partial charge is 0.490 e. The summed E-state index contributed by atoms with van der Waals surface area (Å²) in [5, 5.41) is 2.87. The molecule has 0 spiro atoms. The number of nitrogens with two attached hydrogens (primary N) is 1. The van der Waals surface area contributed by atoms with E-state index in [-0.39, 0.29) is 24.4 Å². The number of carbonyl (C=O) groups is 1. The lowest BCUT2D eigenvalue weighted by atomic mass is 10.1. The highest BCUT2D eigenvalue weighted by Crippen LogP contribution is 2.23. The highest BCUT2D eigenvalue weighted by Gasteiger charge is 2.21. The number of hydrogen-bond acceptors (Lipinski definition) is 3. The molecule has 0 saturated heterocycles. The van der Waals surface area contributed by atoms with Crippen LogP contribution < -0.4 is 15.8 Å². The Hall–Kier alpha value is -1.26. The molecule has 1 atom stereocenters. The second-order valence-corrected chi connectivity index (χ2v) is 7.07. The normalized spacial score (nSPS) is 12.5. The summed E-state index contributed by atoms with van der Waals surface area (Å²) in [4.78, 5) is 11.9. The van der Waals surface area contributed by atoms with Crippen molar-refractivity contribution in [3.05, 3.63) is 29.3 Å². The van der Waals surface area contributed by atoms with Crippen molar-refractivity contribution in [1.82, 2.24) is 5.32 Å². The van der Waals surface area contributed by atoms with Gasteiger partial charge in [-0.3, -0.25) is 4.79 Å². The van der Waals surface area contributed by atoms with Gasteiger partial charge in [0.25, 0.3) is 0 Å². The van der Waals surface area contributed by atoms with Crippen LogP contribution in [-0.2, 0) is 11.3 Å². The predicted molar refractivity (Wildman–Crippen MR) is 98.1 cm³/mol. The molecule has 0 radical (unpaired) electrons. The zero-order valence-corrected chi connectivity index (χ0v) is 15.9. The molecule has 0 aliphatic heterocycles. The van der Waals surface area contributed by atoms with E-state index in [1.54, 1.807) is 13.8 Å². The van der Waals surface area contributed by atoms with Crippen molar-refractivity contribution in [3.8, 4) is 5.75 Å². The third-order valence-corrected chi connectivity index (χ3v) is 3.38. The highest BCUT2D eigenvalue weighted by molar-refractivity contribution is 5.85. The van der Waals surface area contributed by atoms with Gasteiger partial charge in [-0.1, -0.05) is 26.0 Å². The van der Waals surface area contributed by atoms with Crippen molar-refractivity contribution >= 4 is 18.3 Å². The van der Waals surface area contributed by atoms with E-state index in [1.165, 1.54) is 0 Å². The maximum Gasteiger partial charge on any atom is 0.239 e. The van der Waals surface area contributed by atoms with E-state index in [1.807, 2.05) is 25.1 Å². The fourth-order valence-corrected chi connectivity index (χ4v) is 2.25. The van der Waals surface area contributed by atoms with Gasteiger partial charge in [0.2, 0.25) is 5.91 Å². The summed E-state index contributed by atoms with van der Waals surface area (Å²) in [6.45, 7) is 12.3. The zero-order chi connectivity index (χ0) is 16.9. The van der Waals surface area contributed by atoms with Crippen LogP contribution in [0.1, 0.15) is 52.2 Å². The summed E-state index contributed by atoms with van der Waals surface area (Å²) in [7, 11) is 0. The third-order valence-electron chi connectivity index (χ3n) is 3.38. The van der Waals surface area contributed by atoms with Crippen molar-refractivity contribution in [1.29, 1.82) is 0 Å². The Labute approximate surface area is 146 Å². The van der Waals surface area contributed by atoms with E-state index >= 15 is 0 Å². The predicted octanol–water partition coefficient (Wildman–Crippen LogP) is 3.58. The topological polar surface area (TPSA) is 64.4 Å². The Balaban J connectivity index is 0.00000484. The molecule has 4 nitrogen and oxygen atoms in total. The summed E-state index contributed by atoms with van der Waals surface area (Å²) in [6.07, 6.45) is 1.14. The fourth-order valence-electron chi connectivity index (χ4n) is 2.25. The Bertz CT molecular complexity index is 510. The maximum absolute atomic E-state index is 11.9. The smallest absolute Gasteiger partial charge is 0.239 e. The quantitative estimate of drug-likeness (QED) is 0.796. The standard InChI is InChI=1S/C18H30N2O2.ClH/c1-12(2)9-14(4)22-16-10-13(3)7-8-15(16)11-20-17(21)18(5,6)19;/h7-8,10,12,14H,9,11,19H2,1-6H3,(H,20,21);1H. The molecule has 0 heterocycles. The Morgan fingerprint density at radius 3 is 2.43 bits per heavy atom. The van der Waals surface area contributed by atoms with Crippen LogP contribution in [0.2, 0.25) is 0 Å². The van der Waals surface area contributed by atoms with E-state index in [4.69, 9.17) is 10.5 Å². The number of hydrogen-bond donors (Lipinski definition) is 2. The Kier molecular flexibility index (Phi) is 8.64. The second kappa shape index (κ2) is 9.14. The van der Waals surface area contributed by atoms with Crippen molar-refractivity contribution in [2.45, 2.75) is 66.2 Å². The van der Waals surface area contributed by atoms with E-state index in [2.05, 4.69) is 26.1 Å². The molecule has 0 aliphatic carbocycles. The summed E-state index contributed by atoms with van der Waals surface area (Å²) >= 11 is 0. The van der Waals surface area contributed by atoms with Gasteiger partial charge in [0.05, 0.1) is 11.6 Å². The molecule has 5 heteroatoms. The first-order valence-electron chi connectivity index (χ1n) is 7.93. The van der Waals surface area contributed by atoms with Crippen molar-refractivity contribution in [2.24, 2.45) is 11.7 Å². The van der Waals surface area contributed by atoms with E-state index in [0.29, 0.717) is 12.5 Å². The van der Waals surface area contributed by atoms with Crippen molar-refractivity contribution in [2.75, 3.05) is 0 Å². The first kappa shape index (κ1) is 21.7. The zero-order valence-electron chi connectivity index (χ0n) is 15.1. The molecule has 1 aromatic rings. The van der Waals surface area contributed by atoms with Gasteiger partial charge in [-0.25, -0.2) is 0 Å². The monoisotopic (exact) mass is 342 g/mol. The molecule has 0 saturated carbocycles. The van der Waals surface area contributed by atoms with Gasteiger partial charge in [0.15, 0.2) is 0 Å². The van der Waals surface area contributed by atoms with Crippen molar-refractivity contribution < 1.29 is 9.53 Å². The lowest BCUT2D eigenvalue weighted by molar-refractivity contribution is -0.125. The lowest BCUT2D eigenvalue weighted by Crippen LogP contribution is -2.48. The maximum atomic E-state index is 11.9. The minimum absolute atomic E-state index is 0. The molecule has 0 aromatic heterocycles. The molecule has 1 rings (SSSR count). The van der Waals surface area contributed by atoms with Crippen molar-refractivity contribution in [3.63, 3.8) is 0 Å². The Morgan fingerprint density at radius 1 is 1.30 bits per heavy atom. The number of benzene rings is 1. The number of aryl methyl sites for hydroxylation is 1. The van der Waals surface area contributed by atoms with Crippen LogP contribution >= 0.6 is 12.4 Å². The summed E-state index contributed by atoms with van der Waals surface area (Å²) < 4.78 is 6.07. The Morgan fingerprint density at radius 2 is 1.91 bits per heavy atom. The highest BCUT2D eigenvalue weighted by atomic mass is 35.5. The minimum atomic E-state index is -0.878. The molecule has 3 N–H and O–H groups in total. The van der Waals surface area contributed by atoms with Crippen LogP contribution in [0.3, 0.4) is 0 Å². The van der Waals surface area contributed by atoms with Gasteiger partial charge in [0.1, 0.15) is 5.75 Å². The molecule has 1 amide bonds. The molecule has 0 aliphatic rings. The molecule has 23 heavy (non-hydrogen) atoms. The van der Waals surface area contributed by atoms with Crippen LogP contribution in [0, 0.1) is 12.8 Å². The van der Waals surface area contributed by atoms with Crippen LogP contribution in [0.5, 0.6) is 5.75 Å². The van der Waals surface area contributed by atoms with E-state index in [0.717, 1.165) is 23.3 Å². The molecule has 0 fully saturated rings. The fraction of sp³-hybridized carbons (Fsp3) is 0.611. The number of halogens is 1. The van der Waals surface area contributed by atoms with Crippen LogP contribution in [0.25, 0.3) is 0 Å². The summed E-state index contributed by atoms with van der Waals surface area (Å²) in [6, 6.07) is 6.04. The summed E-state index contributed by atoms with van der Waals surface area (Å²) in [5.41, 5.74) is 7.03. The second-order valence-electron chi connectivity index (χ2n) is 7.07. The van der Waals surface area contributed by atoms with E-state index < -0.39 is 5.54 Å². The van der Waals surface area contributed by atoms with Gasteiger partial charge in [-0.2, -0.15) is 0 Å². The van der Waals surface area contributed by atoms with Crippen LogP contribution in [0.15, 0.2) is 18.2 Å². The minimum Gasteiger partial charge on any atom is -0.490 e. The number of ether oxygens (including phenoxy) is 1. The van der Waals surface area contributed by atoms with Gasteiger partial charge in [-0.05, 0) is 51.7 Å². The first-order chi connectivity index (χ1) is 10.1. The molecule has 1 aromatic carbocycles. The number of rotatable bonds is 7. The number of amides is 1. The average Bonchev–Trinajstić information content (AvgIpc) is 2.35. The van der Waals surface area contributed by atoms with Crippen LogP contribution in [0.4, 0.5) is 0 Å². The SMILES string of the molecule is Cc1ccc(CNC(=O)C(C)(C)N)c(OC(C)CC(C)C)c1.Cl. The molecule has 1 unspecified atom stereocenters. The molecule has 132 valence electrons. The van der Waals surface area contributed by atoms with Crippen LogP contribution in [-0.4, -0.2) is 17.6 Å². The lowest BCUT2D eigenvalue weighted by Gasteiger charge is -2.21. The number of carbonyl (C=O) groups excluding carboxylic acids is 1.